The highest BCUT2D eigenvalue weighted by Gasteiger charge is 2.30. The number of furan rings is 2. The van der Waals surface area contributed by atoms with Crippen molar-refractivity contribution in [1.29, 1.82) is 0 Å². The summed E-state index contributed by atoms with van der Waals surface area (Å²) in [5.74, 6) is 2.48. The smallest absolute Gasteiger partial charge is 0.211 e. The van der Waals surface area contributed by atoms with Gasteiger partial charge in [-0.3, -0.25) is 0 Å². The topological polar surface area (TPSA) is 102 Å². The average Bonchev–Trinajstić information content (AvgIpc) is 3.26. The fourth-order valence-electron chi connectivity index (χ4n) is 2.23. The lowest BCUT2D eigenvalue weighted by Gasteiger charge is -2.19. The first-order chi connectivity index (χ1) is 11.0. The van der Waals surface area contributed by atoms with Crippen LogP contribution in [0.3, 0.4) is 0 Å². The van der Waals surface area contributed by atoms with E-state index in [0.29, 0.717) is 11.6 Å². The lowest BCUT2D eigenvalue weighted by atomic mass is 9.87. The molecular formula is C14H14BrN5O3. The number of oxime groups is 1. The van der Waals surface area contributed by atoms with Crippen LogP contribution in [0.15, 0.2) is 44.5 Å². The average molecular weight is 380 g/mol. The van der Waals surface area contributed by atoms with E-state index in [-0.39, 0.29) is 12.1 Å². The molecular weight excluding hydrogens is 366 g/mol. The van der Waals surface area contributed by atoms with Gasteiger partial charge in [-0.15, -0.1) is 5.10 Å². The van der Waals surface area contributed by atoms with Gasteiger partial charge in [-0.2, -0.15) is 3.71 Å². The fourth-order valence-corrected chi connectivity index (χ4v) is 2.57. The highest BCUT2D eigenvalue weighted by molar-refractivity contribution is 9.08. The van der Waals surface area contributed by atoms with Gasteiger partial charge in [-0.25, -0.2) is 0 Å². The molecule has 8 nitrogen and oxygen atoms in total. The standard InChI is InChI=1S/C14H14BrN5O3/c1-14(2,11-4-3-7-22-11)12-6-5-9(23-12)8-10(17-21)13-16-18-19-20(13)15/h3-7,21H,8H2,1-2H3/b17-10-. The molecule has 3 rings (SSSR count). The highest BCUT2D eigenvalue weighted by Crippen LogP contribution is 2.33. The van der Waals surface area contributed by atoms with Crippen LogP contribution < -0.4 is 0 Å². The summed E-state index contributed by atoms with van der Waals surface area (Å²) in [5, 5.41) is 23.4. The lowest BCUT2D eigenvalue weighted by molar-refractivity contribution is 0.316. The number of hydrogen-bond acceptors (Lipinski definition) is 7. The minimum absolute atomic E-state index is 0.247. The summed E-state index contributed by atoms with van der Waals surface area (Å²) >= 11 is 3.13. The minimum Gasteiger partial charge on any atom is -0.468 e. The van der Waals surface area contributed by atoms with Gasteiger partial charge in [0.05, 0.1) is 34.2 Å². The van der Waals surface area contributed by atoms with Gasteiger partial charge < -0.3 is 14.0 Å². The molecule has 0 aliphatic carbocycles. The Bertz CT molecular complexity index is 819. The van der Waals surface area contributed by atoms with Crippen molar-refractivity contribution in [2.24, 2.45) is 5.16 Å². The van der Waals surface area contributed by atoms with Gasteiger partial charge in [-0.05, 0) is 48.5 Å². The molecule has 0 aliphatic heterocycles. The molecule has 0 aromatic carbocycles. The number of nitrogens with zero attached hydrogens (tertiary/aromatic N) is 5. The van der Waals surface area contributed by atoms with Gasteiger partial charge in [0.2, 0.25) is 5.82 Å². The molecule has 0 radical (unpaired) electrons. The van der Waals surface area contributed by atoms with Crippen LogP contribution in [0.25, 0.3) is 0 Å². The van der Waals surface area contributed by atoms with Crippen molar-refractivity contribution in [1.82, 2.24) is 19.2 Å². The lowest BCUT2D eigenvalue weighted by Crippen LogP contribution is -2.17. The van der Waals surface area contributed by atoms with Crippen LogP contribution in [-0.2, 0) is 11.8 Å². The molecule has 1 N–H and O–H groups in total. The van der Waals surface area contributed by atoms with E-state index < -0.39 is 5.41 Å². The Morgan fingerprint density at radius 3 is 2.78 bits per heavy atom. The van der Waals surface area contributed by atoms with E-state index in [1.807, 2.05) is 38.1 Å². The maximum absolute atomic E-state index is 9.20. The van der Waals surface area contributed by atoms with E-state index in [1.54, 1.807) is 6.26 Å². The zero-order chi connectivity index (χ0) is 16.4. The van der Waals surface area contributed by atoms with Gasteiger partial charge in [0.15, 0.2) is 0 Å². The number of hydrogen-bond donors (Lipinski definition) is 1. The van der Waals surface area contributed by atoms with Gasteiger partial charge in [-0.1, -0.05) is 5.16 Å². The normalized spacial score (nSPS) is 12.7. The monoisotopic (exact) mass is 379 g/mol. The molecule has 0 atom stereocenters. The molecule has 3 heterocycles. The molecule has 23 heavy (non-hydrogen) atoms. The zero-order valence-electron chi connectivity index (χ0n) is 12.5. The summed E-state index contributed by atoms with van der Waals surface area (Å²) < 4.78 is 12.6. The van der Waals surface area contributed by atoms with Crippen molar-refractivity contribution >= 4 is 21.9 Å². The number of tetrazole rings is 1. The molecule has 0 aliphatic rings. The van der Waals surface area contributed by atoms with Crippen LogP contribution in [0.4, 0.5) is 0 Å². The van der Waals surface area contributed by atoms with E-state index in [4.69, 9.17) is 8.83 Å². The van der Waals surface area contributed by atoms with Crippen molar-refractivity contribution in [3.63, 3.8) is 0 Å². The third kappa shape index (κ3) is 2.91. The summed E-state index contributed by atoms with van der Waals surface area (Å²) in [6, 6.07) is 7.45. The third-order valence-electron chi connectivity index (χ3n) is 3.57. The van der Waals surface area contributed by atoms with Crippen LogP contribution >= 0.6 is 16.1 Å². The maximum atomic E-state index is 9.20. The molecule has 9 heteroatoms. The molecule has 120 valence electrons. The van der Waals surface area contributed by atoms with Gasteiger partial charge >= 0.3 is 0 Å². The Hall–Kier alpha value is -2.42. The SMILES string of the molecule is CC(C)(c1ccco1)c1ccc(C/C(=N/O)c2nnnn2Br)o1. The Morgan fingerprint density at radius 1 is 1.35 bits per heavy atom. The second kappa shape index (κ2) is 5.99. The fraction of sp³-hybridized carbons (Fsp3) is 0.286. The molecule has 3 aromatic rings. The number of rotatable bonds is 5. The van der Waals surface area contributed by atoms with Crippen molar-refractivity contribution in [2.75, 3.05) is 0 Å². The largest absolute Gasteiger partial charge is 0.468 e. The molecule has 0 unspecified atom stereocenters. The van der Waals surface area contributed by atoms with E-state index in [0.717, 1.165) is 11.5 Å². The van der Waals surface area contributed by atoms with Crippen LogP contribution in [0.1, 0.15) is 37.0 Å². The molecule has 0 bridgehead atoms. The van der Waals surface area contributed by atoms with Crippen LogP contribution in [-0.4, -0.2) is 30.2 Å². The number of aromatic nitrogens is 4. The predicted octanol–water partition coefficient (Wildman–Crippen LogP) is 2.76. The van der Waals surface area contributed by atoms with Gasteiger partial charge in [0.25, 0.3) is 0 Å². The van der Waals surface area contributed by atoms with E-state index >= 15 is 0 Å². The van der Waals surface area contributed by atoms with Crippen molar-refractivity contribution < 1.29 is 14.0 Å². The van der Waals surface area contributed by atoms with Crippen molar-refractivity contribution in [2.45, 2.75) is 25.7 Å². The Balaban J connectivity index is 1.84. The van der Waals surface area contributed by atoms with E-state index in [2.05, 4.69) is 36.8 Å². The molecule has 3 aromatic heterocycles. The van der Waals surface area contributed by atoms with Gasteiger partial charge in [0.1, 0.15) is 23.0 Å². The first-order valence-electron chi connectivity index (χ1n) is 6.81. The van der Waals surface area contributed by atoms with E-state index in [1.165, 1.54) is 3.71 Å². The summed E-state index contributed by atoms with van der Waals surface area (Å²) in [7, 11) is 0. The van der Waals surface area contributed by atoms with E-state index in [9.17, 15) is 5.21 Å². The molecule has 0 saturated heterocycles. The second-order valence-electron chi connectivity index (χ2n) is 5.45. The Kier molecular flexibility index (Phi) is 4.03. The second-order valence-corrected chi connectivity index (χ2v) is 6.13. The first kappa shape index (κ1) is 15.5. The summed E-state index contributed by atoms with van der Waals surface area (Å²) in [6.45, 7) is 4.02. The maximum Gasteiger partial charge on any atom is 0.211 e. The van der Waals surface area contributed by atoms with Crippen LogP contribution in [0.5, 0.6) is 0 Å². The zero-order valence-corrected chi connectivity index (χ0v) is 14.1. The summed E-state index contributed by atoms with van der Waals surface area (Å²) in [4.78, 5) is 0. The summed E-state index contributed by atoms with van der Waals surface area (Å²) in [5.41, 5.74) is -0.126. The molecule has 0 fully saturated rings. The third-order valence-corrected chi connectivity index (χ3v) is 4.05. The Labute approximate surface area is 140 Å². The van der Waals surface area contributed by atoms with Crippen molar-refractivity contribution in [3.05, 3.63) is 53.6 Å². The van der Waals surface area contributed by atoms with Crippen molar-refractivity contribution in [3.8, 4) is 0 Å². The minimum atomic E-state index is -0.407. The highest BCUT2D eigenvalue weighted by atomic mass is 79.9. The predicted molar refractivity (Wildman–Crippen MR) is 83.7 cm³/mol. The number of halogens is 1. The Morgan fingerprint density at radius 2 is 2.17 bits per heavy atom. The van der Waals surface area contributed by atoms with Crippen LogP contribution in [0, 0.1) is 0 Å². The first-order valence-corrected chi connectivity index (χ1v) is 7.52. The quantitative estimate of drug-likeness (QED) is 0.415. The molecule has 0 saturated carbocycles. The molecule has 0 spiro atoms. The summed E-state index contributed by atoms with van der Waals surface area (Å²) in [6.07, 6.45) is 1.88. The molecule has 0 amide bonds. The van der Waals surface area contributed by atoms with Crippen LogP contribution in [0.2, 0.25) is 0 Å². The van der Waals surface area contributed by atoms with Gasteiger partial charge in [0, 0.05) is 0 Å².